The average molecular weight is 292 g/mol. The van der Waals surface area contributed by atoms with Crippen molar-refractivity contribution in [1.29, 1.82) is 0 Å². The minimum Gasteiger partial charge on any atom is -0.495 e. The van der Waals surface area contributed by atoms with Crippen molar-refractivity contribution < 1.29 is 18.3 Å². The molecule has 0 fully saturated rings. The number of hydrogen-bond donors (Lipinski definition) is 2. The van der Waals surface area contributed by atoms with E-state index in [-0.39, 0.29) is 5.56 Å². The predicted molar refractivity (Wildman–Crippen MR) is 74.9 cm³/mol. The van der Waals surface area contributed by atoms with Gasteiger partial charge in [0, 0.05) is 5.56 Å². The zero-order valence-corrected chi connectivity index (χ0v) is 11.3. The van der Waals surface area contributed by atoms with Crippen LogP contribution in [0.2, 0.25) is 0 Å². The summed E-state index contributed by atoms with van der Waals surface area (Å²) in [6, 6.07) is 9.15. The number of para-hydroxylation sites is 2. The molecule has 3 N–H and O–H groups in total. The minimum absolute atomic E-state index is 0.159. The largest absolute Gasteiger partial charge is 0.495 e. The van der Waals surface area contributed by atoms with Gasteiger partial charge in [-0.3, -0.25) is 4.79 Å². The molecule has 0 aromatic heterocycles. The number of hydrogen-bond acceptors (Lipinski definition) is 3. The molecule has 4 nitrogen and oxygen atoms in total. The molecule has 6 heteroatoms. The Morgan fingerprint density at radius 3 is 2.57 bits per heavy atom. The minimum atomic E-state index is -1.21. The maximum absolute atomic E-state index is 13.8. The molecule has 0 aliphatic carbocycles. The summed E-state index contributed by atoms with van der Waals surface area (Å²) in [7, 11) is 1.46. The topological polar surface area (TPSA) is 64.3 Å². The molecule has 2 aromatic rings. The molecule has 0 saturated carbocycles. The number of benzene rings is 2. The van der Waals surface area contributed by atoms with Crippen LogP contribution in [-0.4, -0.2) is 13.0 Å². The van der Waals surface area contributed by atoms with E-state index < -0.39 is 23.6 Å². The van der Waals surface area contributed by atoms with Crippen molar-refractivity contribution in [3.63, 3.8) is 0 Å². The zero-order chi connectivity index (χ0) is 15.4. The van der Waals surface area contributed by atoms with Gasteiger partial charge in [0.2, 0.25) is 5.91 Å². The van der Waals surface area contributed by atoms with Gasteiger partial charge in [0.25, 0.3) is 0 Å². The van der Waals surface area contributed by atoms with Gasteiger partial charge in [0.15, 0.2) is 11.6 Å². The molecular formula is C15H14F2N2O2. The summed E-state index contributed by atoms with van der Waals surface area (Å²) in [4.78, 5) is 11.6. The van der Waals surface area contributed by atoms with Gasteiger partial charge >= 0.3 is 0 Å². The number of carbonyl (C=O) groups is 1. The van der Waals surface area contributed by atoms with Crippen molar-refractivity contribution >= 4 is 11.6 Å². The van der Waals surface area contributed by atoms with Crippen LogP contribution in [0, 0.1) is 11.6 Å². The molecule has 0 aliphatic rings. The maximum atomic E-state index is 13.8. The molecule has 0 saturated heterocycles. The van der Waals surface area contributed by atoms with Crippen LogP contribution in [0.15, 0.2) is 42.5 Å². The lowest BCUT2D eigenvalue weighted by atomic mass is 10.0. The van der Waals surface area contributed by atoms with E-state index in [4.69, 9.17) is 10.5 Å². The van der Waals surface area contributed by atoms with E-state index in [9.17, 15) is 13.6 Å². The number of anilines is 1. The predicted octanol–water partition coefficient (Wildman–Crippen LogP) is 2.61. The van der Waals surface area contributed by atoms with Crippen LogP contribution >= 0.6 is 0 Å². The Kier molecular flexibility index (Phi) is 4.37. The first-order valence-electron chi connectivity index (χ1n) is 6.17. The molecule has 110 valence electrons. The van der Waals surface area contributed by atoms with E-state index in [1.54, 1.807) is 24.3 Å². The fraction of sp³-hybridized carbons (Fsp3) is 0.133. The molecule has 0 bridgehead atoms. The summed E-state index contributed by atoms with van der Waals surface area (Å²) < 4.78 is 32.3. The molecule has 0 spiro atoms. The van der Waals surface area contributed by atoms with Gasteiger partial charge in [0.1, 0.15) is 11.8 Å². The van der Waals surface area contributed by atoms with Crippen LogP contribution in [0.5, 0.6) is 5.75 Å². The molecule has 2 rings (SSSR count). The van der Waals surface area contributed by atoms with E-state index in [2.05, 4.69) is 5.32 Å². The fourth-order valence-electron chi connectivity index (χ4n) is 1.96. The van der Waals surface area contributed by atoms with Crippen LogP contribution in [0.4, 0.5) is 14.5 Å². The Labute approximate surface area is 120 Å². The van der Waals surface area contributed by atoms with Gasteiger partial charge in [-0.25, -0.2) is 8.78 Å². The second-order valence-electron chi connectivity index (χ2n) is 4.32. The number of rotatable bonds is 5. The van der Waals surface area contributed by atoms with Crippen LogP contribution < -0.4 is 15.8 Å². The molecule has 0 radical (unpaired) electrons. The Balaban J connectivity index is 2.41. The van der Waals surface area contributed by atoms with E-state index in [0.717, 1.165) is 6.07 Å². The number of nitrogens with one attached hydrogen (secondary N) is 1. The lowest BCUT2D eigenvalue weighted by molar-refractivity contribution is -0.118. The SMILES string of the molecule is COc1ccccc1NC(C(N)=O)c1cccc(F)c1F. The second-order valence-corrected chi connectivity index (χ2v) is 4.32. The summed E-state index contributed by atoms with van der Waals surface area (Å²) in [6.45, 7) is 0. The van der Waals surface area contributed by atoms with Gasteiger partial charge in [-0.15, -0.1) is 0 Å². The molecule has 0 heterocycles. The summed E-state index contributed by atoms with van der Waals surface area (Å²) >= 11 is 0. The third-order valence-electron chi connectivity index (χ3n) is 2.98. The van der Waals surface area contributed by atoms with Crippen LogP contribution in [0.25, 0.3) is 0 Å². The van der Waals surface area contributed by atoms with E-state index in [1.165, 1.54) is 19.2 Å². The monoisotopic (exact) mass is 292 g/mol. The Bertz CT molecular complexity index is 662. The highest BCUT2D eigenvalue weighted by atomic mass is 19.2. The van der Waals surface area contributed by atoms with E-state index >= 15 is 0 Å². The van der Waals surface area contributed by atoms with Gasteiger partial charge in [-0.05, 0) is 18.2 Å². The van der Waals surface area contributed by atoms with Gasteiger partial charge in [-0.2, -0.15) is 0 Å². The molecule has 0 aliphatic heterocycles. The summed E-state index contributed by atoms with van der Waals surface area (Å²) in [5.74, 6) is -2.52. The maximum Gasteiger partial charge on any atom is 0.244 e. The van der Waals surface area contributed by atoms with E-state index in [0.29, 0.717) is 11.4 Å². The second kappa shape index (κ2) is 6.21. The first-order chi connectivity index (χ1) is 10.0. The van der Waals surface area contributed by atoms with Crippen LogP contribution in [0.3, 0.4) is 0 Å². The van der Waals surface area contributed by atoms with Crippen molar-refractivity contribution in [3.8, 4) is 5.75 Å². The quantitative estimate of drug-likeness (QED) is 0.890. The molecule has 2 aromatic carbocycles. The van der Waals surface area contributed by atoms with Crippen LogP contribution in [0.1, 0.15) is 11.6 Å². The number of amides is 1. The highest BCUT2D eigenvalue weighted by molar-refractivity contribution is 5.85. The summed E-state index contributed by atoms with van der Waals surface area (Å²) in [5, 5.41) is 2.78. The highest BCUT2D eigenvalue weighted by Gasteiger charge is 2.24. The number of carbonyl (C=O) groups excluding carboxylic acids is 1. The first-order valence-corrected chi connectivity index (χ1v) is 6.17. The standard InChI is InChI=1S/C15H14F2N2O2/c1-21-12-8-3-2-7-11(12)19-14(15(18)20)9-5-4-6-10(16)13(9)17/h2-8,14,19H,1H3,(H2,18,20). The molecule has 1 amide bonds. The third kappa shape index (κ3) is 3.10. The number of methoxy groups -OCH3 is 1. The Morgan fingerprint density at radius 2 is 1.90 bits per heavy atom. The average Bonchev–Trinajstić information content (AvgIpc) is 2.48. The normalized spacial score (nSPS) is 11.8. The van der Waals surface area contributed by atoms with Crippen molar-refractivity contribution in [2.24, 2.45) is 5.73 Å². The van der Waals surface area contributed by atoms with Crippen molar-refractivity contribution in [1.82, 2.24) is 0 Å². The smallest absolute Gasteiger partial charge is 0.244 e. The third-order valence-corrected chi connectivity index (χ3v) is 2.98. The van der Waals surface area contributed by atoms with E-state index in [1.807, 2.05) is 0 Å². The van der Waals surface area contributed by atoms with Crippen LogP contribution in [-0.2, 0) is 4.79 Å². The lowest BCUT2D eigenvalue weighted by Crippen LogP contribution is -2.29. The number of nitrogens with two attached hydrogens (primary N) is 1. The summed E-state index contributed by atoms with van der Waals surface area (Å²) in [5.41, 5.74) is 5.59. The summed E-state index contributed by atoms with van der Waals surface area (Å²) in [6.07, 6.45) is 0. The molecule has 21 heavy (non-hydrogen) atoms. The van der Waals surface area contributed by atoms with Gasteiger partial charge < -0.3 is 15.8 Å². The number of ether oxygens (including phenoxy) is 1. The molecule has 1 unspecified atom stereocenters. The highest BCUT2D eigenvalue weighted by Crippen LogP contribution is 2.29. The number of halogens is 2. The zero-order valence-electron chi connectivity index (χ0n) is 11.3. The number of primary amides is 1. The first kappa shape index (κ1) is 14.8. The van der Waals surface area contributed by atoms with Crippen molar-refractivity contribution in [2.75, 3.05) is 12.4 Å². The molecule has 1 atom stereocenters. The Hall–Kier alpha value is -2.63. The van der Waals surface area contributed by atoms with Crippen molar-refractivity contribution in [2.45, 2.75) is 6.04 Å². The van der Waals surface area contributed by atoms with Crippen molar-refractivity contribution in [3.05, 3.63) is 59.7 Å². The lowest BCUT2D eigenvalue weighted by Gasteiger charge is -2.19. The van der Waals surface area contributed by atoms with Gasteiger partial charge in [0.05, 0.1) is 12.8 Å². The fourth-order valence-corrected chi connectivity index (χ4v) is 1.96. The Morgan fingerprint density at radius 1 is 1.19 bits per heavy atom. The molecular weight excluding hydrogens is 278 g/mol. The van der Waals surface area contributed by atoms with Gasteiger partial charge in [-0.1, -0.05) is 24.3 Å².